The van der Waals surface area contributed by atoms with Crippen LogP contribution in [0.3, 0.4) is 0 Å². The number of anilines is 1. The molecule has 17 heavy (non-hydrogen) atoms. The van der Waals surface area contributed by atoms with E-state index >= 15 is 0 Å². The molecule has 0 amide bonds. The van der Waals surface area contributed by atoms with E-state index in [0.29, 0.717) is 11.2 Å². The molecule has 0 aliphatic rings. The van der Waals surface area contributed by atoms with E-state index in [1.165, 1.54) is 32.1 Å². The van der Waals surface area contributed by atoms with Crippen LogP contribution in [0.2, 0.25) is 5.15 Å². The van der Waals surface area contributed by atoms with Gasteiger partial charge in [-0.1, -0.05) is 44.2 Å². The first-order chi connectivity index (χ1) is 8.13. The third kappa shape index (κ3) is 5.40. The van der Waals surface area contributed by atoms with E-state index in [-0.39, 0.29) is 0 Å². The van der Waals surface area contributed by atoms with Crippen molar-refractivity contribution in [1.82, 2.24) is 4.98 Å². The van der Waals surface area contributed by atoms with Crippen molar-refractivity contribution in [1.29, 1.82) is 0 Å². The first-order valence-corrected chi connectivity index (χ1v) is 6.91. The lowest BCUT2D eigenvalue weighted by molar-refractivity contribution is 0.593. The second-order valence-electron chi connectivity index (χ2n) is 4.66. The number of aryl methyl sites for hydroxylation is 1. The molecule has 1 N–H and O–H groups in total. The van der Waals surface area contributed by atoms with Gasteiger partial charge < -0.3 is 5.32 Å². The number of hydrogen-bond donors (Lipinski definition) is 1. The second-order valence-corrected chi connectivity index (χ2v) is 5.05. The Labute approximate surface area is 110 Å². The normalized spacial score (nSPS) is 12.5. The predicted molar refractivity (Wildman–Crippen MR) is 75.8 cm³/mol. The quantitative estimate of drug-likeness (QED) is 0.558. The lowest BCUT2D eigenvalue weighted by Gasteiger charge is -2.16. The van der Waals surface area contributed by atoms with E-state index in [1.807, 2.05) is 19.1 Å². The molecule has 3 heteroatoms. The van der Waals surface area contributed by atoms with Crippen molar-refractivity contribution >= 4 is 17.3 Å². The summed E-state index contributed by atoms with van der Waals surface area (Å²) in [5, 5.41) is 4.05. The van der Waals surface area contributed by atoms with Gasteiger partial charge in [0, 0.05) is 6.04 Å². The van der Waals surface area contributed by atoms with Crippen molar-refractivity contribution < 1.29 is 0 Å². The van der Waals surface area contributed by atoms with Gasteiger partial charge in [-0.3, -0.25) is 0 Å². The molecule has 1 heterocycles. The Bertz CT molecular complexity index is 339. The summed E-state index contributed by atoms with van der Waals surface area (Å²) < 4.78 is 0. The molecule has 0 saturated carbocycles. The molecule has 0 saturated heterocycles. The van der Waals surface area contributed by atoms with Crippen LogP contribution in [0.5, 0.6) is 0 Å². The maximum Gasteiger partial charge on any atom is 0.129 e. The Morgan fingerprint density at radius 2 is 2.06 bits per heavy atom. The molecule has 1 atom stereocenters. The highest BCUT2D eigenvalue weighted by atomic mass is 35.5. The summed E-state index contributed by atoms with van der Waals surface area (Å²) in [7, 11) is 0. The van der Waals surface area contributed by atoms with Crippen LogP contribution >= 0.6 is 11.6 Å². The summed E-state index contributed by atoms with van der Waals surface area (Å²) in [5.74, 6) is 0. The first kappa shape index (κ1) is 14.3. The highest BCUT2D eigenvalue weighted by Gasteiger charge is 2.05. The van der Waals surface area contributed by atoms with Crippen molar-refractivity contribution in [3.05, 3.63) is 23.0 Å². The van der Waals surface area contributed by atoms with Crippen LogP contribution < -0.4 is 5.32 Å². The summed E-state index contributed by atoms with van der Waals surface area (Å²) >= 11 is 5.83. The van der Waals surface area contributed by atoms with Crippen molar-refractivity contribution in [2.75, 3.05) is 5.32 Å². The average molecular weight is 255 g/mol. The van der Waals surface area contributed by atoms with E-state index in [0.717, 1.165) is 11.4 Å². The zero-order chi connectivity index (χ0) is 12.7. The van der Waals surface area contributed by atoms with Gasteiger partial charge in [-0.2, -0.15) is 0 Å². The van der Waals surface area contributed by atoms with Crippen LogP contribution in [0.4, 0.5) is 5.69 Å². The van der Waals surface area contributed by atoms with Gasteiger partial charge in [0.05, 0.1) is 11.4 Å². The van der Waals surface area contributed by atoms with E-state index in [4.69, 9.17) is 11.6 Å². The molecular formula is C14H23ClN2. The predicted octanol–water partition coefficient (Wildman–Crippen LogP) is 4.81. The largest absolute Gasteiger partial charge is 0.381 e. The summed E-state index contributed by atoms with van der Waals surface area (Å²) in [6, 6.07) is 4.34. The fourth-order valence-corrected chi connectivity index (χ4v) is 2.09. The molecule has 0 fully saturated rings. The SMILES string of the molecule is CCCCCCC(C)Nc1ccc(Cl)nc1C. The molecule has 96 valence electrons. The zero-order valence-electron chi connectivity index (χ0n) is 11.1. The number of unbranched alkanes of at least 4 members (excludes halogenated alkanes) is 3. The third-order valence-corrected chi connectivity index (χ3v) is 3.15. The molecule has 0 aliphatic heterocycles. The number of hydrogen-bond acceptors (Lipinski definition) is 2. The Morgan fingerprint density at radius 1 is 1.29 bits per heavy atom. The fourth-order valence-electron chi connectivity index (χ4n) is 1.90. The minimum atomic E-state index is 0.494. The molecule has 0 aliphatic carbocycles. The molecule has 0 bridgehead atoms. The van der Waals surface area contributed by atoms with Crippen LogP contribution in [-0.2, 0) is 0 Å². The Hall–Kier alpha value is -0.760. The standard InChI is InChI=1S/C14H23ClN2/c1-4-5-6-7-8-11(2)16-13-9-10-14(15)17-12(13)3/h9-11,16H,4-8H2,1-3H3. The number of halogens is 1. The van der Waals surface area contributed by atoms with Gasteiger partial charge in [0.2, 0.25) is 0 Å². The van der Waals surface area contributed by atoms with E-state index in [9.17, 15) is 0 Å². The second kappa shape index (κ2) is 7.54. The highest BCUT2D eigenvalue weighted by molar-refractivity contribution is 6.29. The van der Waals surface area contributed by atoms with Gasteiger partial charge >= 0.3 is 0 Å². The Balaban J connectivity index is 2.37. The highest BCUT2D eigenvalue weighted by Crippen LogP contribution is 2.18. The van der Waals surface area contributed by atoms with Gasteiger partial charge in [-0.25, -0.2) is 4.98 Å². The number of rotatable bonds is 7. The van der Waals surface area contributed by atoms with Gasteiger partial charge in [0.15, 0.2) is 0 Å². The number of nitrogens with zero attached hydrogens (tertiary/aromatic N) is 1. The van der Waals surface area contributed by atoms with Crippen LogP contribution in [0.15, 0.2) is 12.1 Å². The molecule has 2 nitrogen and oxygen atoms in total. The third-order valence-electron chi connectivity index (χ3n) is 2.94. The lowest BCUT2D eigenvalue weighted by atomic mass is 10.1. The van der Waals surface area contributed by atoms with Crippen LogP contribution in [-0.4, -0.2) is 11.0 Å². The van der Waals surface area contributed by atoms with Crippen molar-refractivity contribution in [2.45, 2.75) is 58.9 Å². The van der Waals surface area contributed by atoms with Gasteiger partial charge in [-0.05, 0) is 32.4 Å². The maximum atomic E-state index is 5.83. The summed E-state index contributed by atoms with van der Waals surface area (Å²) in [5.41, 5.74) is 2.07. The monoisotopic (exact) mass is 254 g/mol. The molecule has 1 aromatic heterocycles. The lowest BCUT2D eigenvalue weighted by Crippen LogP contribution is -2.16. The maximum absolute atomic E-state index is 5.83. The van der Waals surface area contributed by atoms with Crippen molar-refractivity contribution in [2.24, 2.45) is 0 Å². The molecule has 0 aromatic carbocycles. The summed E-state index contributed by atoms with van der Waals surface area (Å²) in [6.45, 7) is 6.45. The van der Waals surface area contributed by atoms with E-state index in [2.05, 4.69) is 24.1 Å². The molecule has 1 rings (SSSR count). The van der Waals surface area contributed by atoms with Gasteiger partial charge in [0.25, 0.3) is 0 Å². The molecule has 0 radical (unpaired) electrons. The van der Waals surface area contributed by atoms with E-state index < -0.39 is 0 Å². The van der Waals surface area contributed by atoms with Crippen LogP contribution in [0, 0.1) is 6.92 Å². The smallest absolute Gasteiger partial charge is 0.129 e. The zero-order valence-corrected chi connectivity index (χ0v) is 11.8. The van der Waals surface area contributed by atoms with Gasteiger partial charge in [-0.15, -0.1) is 0 Å². The van der Waals surface area contributed by atoms with Crippen molar-refractivity contribution in [3.8, 4) is 0 Å². The average Bonchev–Trinajstić information content (AvgIpc) is 2.28. The fraction of sp³-hybridized carbons (Fsp3) is 0.643. The minimum absolute atomic E-state index is 0.494. The minimum Gasteiger partial charge on any atom is -0.381 e. The Morgan fingerprint density at radius 3 is 2.71 bits per heavy atom. The molecule has 1 aromatic rings. The number of nitrogens with one attached hydrogen (secondary N) is 1. The van der Waals surface area contributed by atoms with Crippen LogP contribution in [0.1, 0.15) is 51.6 Å². The molecule has 1 unspecified atom stereocenters. The summed E-state index contributed by atoms with van der Waals surface area (Å²) in [4.78, 5) is 4.24. The Kier molecular flexibility index (Phi) is 6.35. The van der Waals surface area contributed by atoms with Crippen LogP contribution in [0.25, 0.3) is 0 Å². The molecular weight excluding hydrogens is 232 g/mol. The van der Waals surface area contributed by atoms with E-state index in [1.54, 1.807) is 0 Å². The van der Waals surface area contributed by atoms with Crippen molar-refractivity contribution in [3.63, 3.8) is 0 Å². The molecule has 0 spiro atoms. The number of pyridine rings is 1. The number of aromatic nitrogens is 1. The first-order valence-electron chi connectivity index (χ1n) is 6.53. The topological polar surface area (TPSA) is 24.9 Å². The van der Waals surface area contributed by atoms with Gasteiger partial charge in [0.1, 0.15) is 5.15 Å². The summed E-state index contributed by atoms with van der Waals surface area (Å²) in [6.07, 6.45) is 6.47.